The molecule has 0 aliphatic carbocycles. The van der Waals surface area contributed by atoms with Crippen LogP contribution in [0.3, 0.4) is 0 Å². The molecule has 0 fully saturated rings. The summed E-state index contributed by atoms with van der Waals surface area (Å²) in [7, 11) is 2.82. The normalized spacial score (nSPS) is 11.5. The summed E-state index contributed by atoms with van der Waals surface area (Å²) in [6.07, 6.45) is 0.268. The van der Waals surface area contributed by atoms with E-state index in [0.717, 1.165) is 5.56 Å². The van der Waals surface area contributed by atoms with Crippen LogP contribution in [0.4, 0.5) is 0 Å². The molecule has 0 saturated heterocycles. The number of hydrogen-bond acceptors (Lipinski definition) is 6. The molecule has 0 bridgehead atoms. The van der Waals surface area contributed by atoms with E-state index < -0.39 is 11.9 Å². The maximum atomic E-state index is 11.9. The van der Waals surface area contributed by atoms with E-state index in [4.69, 9.17) is 9.47 Å². The van der Waals surface area contributed by atoms with Gasteiger partial charge >= 0.3 is 11.9 Å². The van der Waals surface area contributed by atoms with Crippen molar-refractivity contribution in [3.05, 3.63) is 29.3 Å². The van der Waals surface area contributed by atoms with Crippen LogP contribution >= 0.6 is 0 Å². The molecule has 6 heteroatoms. The smallest absolute Gasteiger partial charge is 0.316 e. The molecule has 6 nitrogen and oxygen atoms in total. The van der Waals surface area contributed by atoms with Crippen molar-refractivity contribution in [2.45, 2.75) is 26.7 Å². The summed E-state index contributed by atoms with van der Waals surface area (Å²) in [6, 6.07) is 5.19. The molecule has 0 amide bonds. The Hall–Kier alpha value is -2.37. The Bertz CT molecular complexity index is 578. The molecule has 1 unspecified atom stereocenters. The standard InChI is InChI=1S/C17H22O6/c1-5-23-17(20)14(11(2)18)10-13-8-12(9-16(19)22-4)6-7-15(13)21-3/h6-8,14H,5,9-10H2,1-4H3. The lowest BCUT2D eigenvalue weighted by atomic mass is 9.94. The van der Waals surface area contributed by atoms with Crippen LogP contribution < -0.4 is 4.74 Å². The van der Waals surface area contributed by atoms with Crippen molar-refractivity contribution in [1.82, 2.24) is 0 Å². The molecule has 1 aromatic carbocycles. The Morgan fingerprint density at radius 3 is 2.39 bits per heavy atom. The summed E-state index contributed by atoms with van der Waals surface area (Å²) in [6.45, 7) is 3.25. The number of esters is 2. The van der Waals surface area contributed by atoms with Crippen LogP contribution in [0.1, 0.15) is 25.0 Å². The van der Waals surface area contributed by atoms with Crippen molar-refractivity contribution in [1.29, 1.82) is 0 Å². The summed E-state index contributed by atoms with van der Waals surface area (Å²) >= 11 is 0. The highest BCUT2D eigenvalue weighted by Gasteiger charge is 2.26. The fourth-order valence-corrected chi connectivity index (χ4v) is 2.20. The summed E-state index contributed by atoms with van der Waals surface area (Å²) in [4.78, 5) is 35.1. The van der Waals surface area contributed by atoms with Crippen LogP contribution in [-0.2, 0) is 36.7 Å². The minimum absolute atomic E-state index is 0.109. The maximum Gasteiger partial charge on any atom is 0.316 e. The topological polar surface area (TPSA) is 78.9 Å². The van der Waals surface area contributed by atoms with Crippen LogP contribution in [0.5, 0.6) is 5.75 Å². The first-order chi connectivity index (χ1) is 10.9. The average Bonchev–Trinajstić information content (AvgIpc) is 2.52. The number of carbonyl (C=O) groups excluding carboxylic acids is 3. The molecule has 0 heterocycles. The first kappa shape index (κ1) is 18.7. The third-order valence-electron chi connectivity index (χ3n) is 3.41. The lowest BCUT2D eigenvalue weighted by molar-refractivity contribution is -0.151. The first-order valence-electron chi connectivity index (χ1n) is 7.32. The fourth-order valence-electron chi connectivity index (χ4n) is 2.20. The van der Waals surface area contributed by atoms with Gasteiger partial charge in [0, 0.05) is 0 Å². The van der Waals surface area contributed by atoms with Crippen LogP contribution in [0.2, 0.25) is 0 Å². The second-order valence-corrected chi connectivity index (χ2v) is 5.02. The molecular weight excluding hydrogens is 300 g/mol. The van der Waals surface area contributed by atoms with Gasteiger partial charge in [0.25, 0.3) is 0 Å². The minimum Gasteiger partial charge on any atom is -0.496 e. The minimum atomic E-state index is -0.891. The fraction of sp³-hybridized carbons (Fsp3) is 0.471. The van der Waals surface area contributed by atoms with Gasteiger partial charge < -0.3 is 14.2 Å². The van der Waals surface area contributed by atoms with Gasteiger partial charge in [-0.1, -0.05) is 12.1 Å². The zero-order chi connectivity index (χ0) is 17.4. The van der Waals surface area contributed by atoms with E-state index in [-0.39, 0.29) is 31.2 Å². The Morgan fingerprint density at radius 2 is 1.87 bits per heavy atom. The SMILES string of the molecule is CCOC(=O)C(Cc1cc(CC(=O)OC)ccc1OC)C(C)=O. The van der Waals surface area contributed by atoms with Gasteiger partial charge in [-0.05, 0) is 37.5 Å². The highest BCUT2D eigenvalue weighted by molar-refractivity contribution is 5.98. The first-order valence-corrected chi connectivity index (χ1v) is 7.32. The maximum absolute atomic E-state index is 11.9. The molecule has 1 atom stereocenters. The predicted molar refractivity (Wildman–Crippen MR) is 83.2 cm³/mol. The third-order valence-corrected chi connectivity index (χ3v) is 3.41. The van der Waals surface area contributed by atoms with Crippen LogP contribution in [0, 0.1) is 5.92 Å². The van der Waals surface area contributed by atoms with E-state index in [9.17, 15) is 14.4 Å². The lowest BCUT2D eigenvalue weighted by Gasteiger charge is -2.16. The Kier molecular flexibility index (Phi) is 7.25. The molecule has 0 spiro atoms. The van der Waals surface area contributed by atoms with Crippen molar-refractivity contribution in [3.63, 3.8) is 0 Å². The Balaban J connectivity index is 3.07. The molecule has 126 valence electrons. The van der Waals surface area contributed by atoms with Crippen molar-refractivity contribution in [2.75, 3.05) is 20.8 Å². The zero-order valence-corrected chi connectivity index (χ0v) is 13.9. The molecule has 0 N–H and O–H groups in total. The van der Waals surface area contributed by atoms with Crippen molar-refractivity contribution in [2.24, 2.45) is 5.92 Å². The monoisotopic (exact) mass is 322 g/mol. The van der Waals surface area contributed by atoms with E-state index in [0.29, 0.717) is 11.3 Å². The van der Waals surface area contributed by atoms with Crippen molar-refractivity contribution in [3.8, 4) is 5.75 Å². The van der Waals surface area contributed by atoms with E-state index in [2.05, 4.69) is 4.74 Å². The number of methoxy groups -OCH3 is 2. The second-order valence-electron chi connectivity index (χ2n) is 5.02. The van der Waals surface area contributed by atoms with Gasteiger partial charge in [-0.3, -0.25) is 14.4 Å². The summed E-state index contributed by atoms with van der Waals surface area (Å²) < 4.78 is 14.9. The van der Waals surface area contributed by atoms with Gasteiger partial charge in [0.15, 0.2) is 0 Å². The largest absolute Gasteiger partial charge is 0.496 e. The van der Waals surface area contributed by atoms with Gasteiger partial charge in [0.05, 0.1) is 27.2 Å². The molecule has 1 rings (SSSR count). The van der Waals surface area contributed by atoms with Gasteiger partial charge in [0.1, 0.15) is 17.5 Å². The van der Waals surface area contributed by atoms with Gasteiger partial charge in [-0.25, -0.2) is 0 Å². The molecule has 0 radical (unpaired) electrons. The average molecular weight is 322 g/mol. The Morgan fingerprint density at radius 1 is 1.17 bits per heavy atom. The van der Waals surface area contributed by atoms with E-state index in [1.54, 1.807) is 25.1 Å². The van der Waals surface area contributed by atoms with Crippen molar-refractivity contribution < 1.29 is 28.6 Å². The van der Waals surface area contributed by atoms with Gasteiger partial charge in [-0.2, -0.15) is 0 Å². The molecular formula is C17H22O6. The predicted octanol–water partition coefficient (Wildman–Crippen LogP) is 1.72. The van der Waals surface area contributed by atoms with E-state index in [1.807, 2.05) is 0 Å². The lowest BCUT2D eigenvalue weighted by Crippen LogP contribution is -2.26. The van der Waals surface area contributed by atoms with E-state index in [1.165, 1.54) is 21.1 Å². The highest BCUT2D eigenvalue weighted by Crippen LogP contribution is 2.24. The molecule has 23 heavy (non-hydrogen) atoms. The molecule has 0 saturated carbocycles. The van der Waals surface area contributed by atoms with Crippen LogP contribution in [0.15, 0.2) is 18.2 Å². The number of carbonyl (C=O) groups is 3. The Labute approximate surface area is 135 Å². The summed E-state index contributed by atoms with van der Waals surface area (Å²) in [5.74, 6) is -1.54. The van der Waals surface area contributed by atoms with E-state index >= 15 is 0 Å². The quantitative estimate of drug-likeness (QED) is 0.535. The molecule has 0 aromatic heterocycles. The number of ether oxygens (including phenoxy) is 3. The summed E-state index contributed by atoms with van der Waals surface area (Å²) in [5.41, 5.74) is 1.39. The molecule has 1 aromatic rings. The van der Waals surface area contributed by atoms with Crippen molar-refractivity contribution >= 4 is 17.7 Å². The number of hydrogen-bond donors (Lipinski definition) is 0. The second kappa shape index (κ2) is 8.92. The number of benzene rings is 1. The highest BCUT2D eigenvalue weighted by atomic mass is 16.5. The van der Waals surface area contributed by atoms with Gasteiger partial charge in [-0.15, -0.1) is 0 Å². The zero-order valence-electron chi connectivity index (χ0n) is 13.9. The van der Waals surface area contributed by atoms with Crippen LogP contribution in [0.25, 0.3) is 0 Å². The van der Waals surface area contributed by atoms with Gasteiger partial charge in [0.2, 0.25) is 0 Å². The number of Topliss-reactive ketones (excluding diaryl/α,β-unsaturated/α-hetero) is 1. The third kappa shape index (κ3) is 5.39. The molecule has 0 aliphatic rings. The van der Waals surface area contributed by atoms with Crippen LogP contribution in [-0.4, -0.2) is 38.5 Å². The molecule has 0 aliphatic heterocycles. The number of ketones is 1. The summed E-state index contributed by atoms with van der Waals surface area (Å²) in [5, 5.41) is 0. The number of rotatable bonds is 8.